The van der Waals surface area contributed by atoms with Crippen LogP contribution in [0, 0.1) is 11.8 Å². The van der Waals surface area contributed by atoms with E-state index in [4.69, 9.17) is 0 Å². The SMILES string of the molecule is O=C(O)[C@H](CC[C@H](Cc1ccccc1)C(=O)O)Cc1ccccc1. The van der Waals surface area contributed by atoms with E-state index >= 15 is 0 Å². The van der Waals surface area contributed by atoms with Crippen LogP contribution in [-0.2, 0) is 22.4 Å². The molecule has 4 heteroatoms. The summed E-state index contributed by atoms with van der Waals surface area (Å²) in [6, 6.07) is 18.9. The zero-order valence-electron chi connectivity index (χ0n) is 13.5. The maximum atomic E-state index is 11.5. The van der Waals surface area contributed by atoms with Crippen molar-refractivity contribution in [2.24, 2.45) is 11.8 Å². The van der Waals surface area contributed by atoms with Crippen molar-refractivity contribution in [1.82, 2.24) is 0 Å². The molecule has 4 nitrogen and oxygen atoms in total. The van der Waals surface area contributed by atoms with Crippen LogP contribution in [-0.4, -0.2) is 22.2 Å². The number of carboxylic acids is 2. The summed E-state index contributed by atoms with van der Waals surface area (Å²) in [6.45, 7) is 0. The molecule has 2 aromatic rings. The Kier molecular flexibility index (Phi) is 6.55. The molecule has 0 aliphatic heterocycles. The third-order valence-electron chi connectivity index (χ3n) is 4.21. The number of rotatable bonds is 9. The van der Waals surface area contributed by atoms with Crippen molar-refractivity contribution in [3.05, 3.63) is 71.8 Å². The van der Waals surface area contributed by atoms with Gasteiger partial charge in [0.15, 0.2) is 0 Å². The van der Waals surface area contributed by atoms with Gasteiger partial charge in [-0.1, -0.05) is 60.7 Å². The van der Waals surface area contributed by atoms with E-state index in [0.717, 1.165) is 11.1 Å². The lowest BCUT2D eigenvalue weighted by atomic mass is 9.88. The van der Waals surface area contributed by atoms with E-state index in [-0.39, 0.29) is 0 Å². The van der Waals surface area contributed by atoms with Crippen molar-refractivity contribution in [3.63, 3.8) is 0 Å². The number of carboxylic acid groups (broad SMARTS) is 2. The lowest BCUT2D eigenvalue weighted by molar-refractivity contribution is -0.145. The number of benzene rings is 2. The van der Waals surface area contributed by atoms with Crippen molar-refractivity contribution >= 4 is 11.9 Å². The molecule has 0 radical (unpaired) electrons. The highest BCUT2D eigenvalue weighted by atomic mass is 16.4. The standard InChI is InChI=1S/C20H22O4/c21-19(22)17(13-15-7-3-1-4-8-15)11-12-18(20(23)24)14-16-9-5-2-6-10-16/h1-10,17-18H,11-14H2,(H,21,22)(H,23,24)/t17-,18-/m1/s1. The van der Waals surface area contributed by atoms with Gasteiger partial charge in [-0.15, -0.1) is 0 Å². The monoisotopic (exact) mass is 326 g/mol. The van der Waals surface area contributed by atoms with Gasteiger partial charge in [-0.2, -0.15) is 0 Å². The minimum atomic E-state index is -0.872. The Balaban J connectivity index is 1.97. The highest BCUT2D eigenvalue weighted by Gasteiger charge is 2.23. The largest absolute Gasteiger partial charge is 0.481 e. The fourth-order valence-corrected chi connectivity index (χ4v) is 2.83. The minimum Gasteiger partial charge on any atom is -0.481 e. The molecular formula is C20H22O4. The van der Waals surface area contributed by atoms with Gasteiger partial charge >= 0.3 is 11.9 Å². The molecule has 0 amide bonds. The second-order valence-electron chi connectivity index (χ2n) is 6.03. The van der Waals surface area contributed by atoms with E-state index in [9.17, 15) is 19.8 Å². The van der Waals surface area contributed by atoms with Gasteiger partial charge in [-0.3, -0.25) is 9.59 Å². The molecule has 0 aliphatic carbocycles. The van der Waals surface area contributed by atoms with Crippen LogP contribution in [0.15, 0.2) is 60.7 Å². The Morgan fingerprint density at radius 1 is 0.667 bits per heavy atom. The minimum absolute atomic E-state index is 0.355. The summed E-state index contributed by atoms with van der Waals surface area (Å²) < 4.78 is 0. The summed E-state index contributed by atoms with van der Waals surface area (Å²) >= 11 is 0. The topological polar surface area (TPSA) is 74.6 Å². The predicted molar refractivity (Wildman–Crippen MR) is 91.8 cm³/mol. The van der Waals surface area contributed by atoms with Gasteiger partial charge < -0.3 is 10.2 Å². The normalized spacial score (nSPS) is 13.2. The van der Waals surface area contributed by atoms with Crippen LogP contribution in [0.1, 0.15) is 24.0 Å². The van der Waals surface area contributed by atoms with Crippen molar-refractivity contribution in [3.8, 4) is 0 Å². The van der Waals surface area contributed by atoms with E-state index in [0.29, 0.717) is 25.7 Å². The highest BCUT2D eigenvalue weighted by molar-refractivity contribution is 5.72. The summed E-state index contributed by atoms with van der Waals surface area (Å²) in [6.07, 6.45) is 1.56. The maximum absolute atomic E-state index is 11.5. The molecule has 2 N–H and O–H groups in total. The second-order valence-corrected chi connectivity index (χ2v) is 6.03. The molecular weight excluding hydrogens is 304 g/mol. The molecule has 126 valence electrons. The molecule has 24 heavy (non-hydrogen) atoms. The van der Waals surface area contributed by atoms with Crippen LogP contribution < -0.4 is 0 Å². The van der Waals surface area contributed by atoms with Crippen molar-refractivity contribution < 1.29 is 19.8 Å². The van der Waals surface area contributed by atoms with Crippen LogP contribution in [0.3, 0.4) is 0 Å². The lowest BCUT2D eigenvalue weighted by Crippen LogP contribution is -2.22. The van der Waals surface area contributed by atoms with Crippen molar-refractivity contribution in [2.45, 2.75) is 25.7 Å². The van der Waals surface area contributed by atoms with Crippen molar-refractivity contribution in [1.29, 1.82) is 0 Å². The first kappa shape index (κ1) is 17.7. The van der Waals surface area contributed by atoms with Gasteiger partial charge in [0, 0.05) is 0 Å². The summed E-state index contributed by atoms with van der Waals surface area (Å²) in [5.41, 5.74) is 1.92. The van der Waals surface area contributed by atoms with Gasteiger partial charge in [0.25, 0.3) is 0 Å². The Labute approximate surface area is 141 Å². The Morgan fingerprint density at radius 3 is 1.29 bits per heavy atom. The van der Waals surface area contributed by atoms with Crippen LogP contribution >= 0.6 is 0 Å². The molecule has 0 fully saturated rings. The van der Waals surface area contributed by atoms with Crippen LogP contribution in [0.25, 0.3) is 0 Å². The number of carbonyl (C=O) groups is 2. The zero-order chi connectivity index (χ0) is 17.4. The molecule has 0 bridgehead atoms. The van der Waals surface area contributed by atoms with E-state index in [2.05, 4.69) is 0 Å². The second kappa shape index (κ2) is 8.87. The molecule has 0 saturated carbocycles. The van der Waals surface area contributed by atoms with Crippen molar-refractivity contribution in [2.75, 3.05) is 0 Å². The average Bonchev–Trinajstić information content (AvgIpc) is 2.58. The smallest absolute Gasteiger partial charge is 0.306 e. The summed E-state index contributed by atoms with van der Waals surface area (Å²) in [4.78, 5) is 23.0. The molecule has 0 spiro atoms. The first-order valence-corrected chi connectivity index (χ1v) is 8.09. The van der Waals surface area contributed by atoms with Gasteiger partial charge in [0.05, 0.1) is 11.8 Å². The van der Waals surface area contributed by atoms with E-state index in [1.807, 2.05) is 60.7 Å². The third-order valence-corrected chi connectivity index (χ3v) is 4.21. The summed E-state index contributed by atoms with van der Waals surface area (Å²) in [5.74, 6) is -2.87. The van der Waals surface area contributed by atoms with E-state index in [1.165, 1.54) is 0 Å². The molecule has 0 aromatic heterocycles. The van der Waals surface area contributed by atoms with Gasteiger partial charge in [-0.25, -0.2) is 0 Å². The molecule has 2 atom stereocenters. The third kappa shape index (κ3) is 5.54. The fraction of sp³-hybridized carbons (Fsp3) is 0.300. The average molecular weight is 326 g/mol. The molecule has 2 rings (SSSR count). The van der Waals surface area contributed by atoms with Crippen LogP contribution in [0.5, 0.6) is 0 Å². The van der Waals surface area contributed by atoms with Gasteiger partial charge in [0.1, 0.15) is 0 Å². The summed E-state index contributed by atoms with van der Waals surface area (Å²) in [7, 11) is 0. The number of hydrogen-bond acceptors (Lipinski definition) is 2. The number of hydrogen-bond donors (Lipinski definition) is 2. The zero-order valence-corrected chi connectivity index (χ0v) is 13.5. The first-order chi connectivity index (χ1) is 11.6. The predicted octanol–water partition coefficient (Wildman–Crippen LogP) is 3.65. The molecule has 0 aliphatic rings. The lowest BCUT2D eigenvalue weighted by Gasteiger charge is -2.16. The molecule has 2 aromatic carbocycles. The Morgan fingerprint density at radius 2 is 1.00 bits per heavy atom. The summed E-state index contributed by atoms with van der Waals surface area (Å²) in [5, 5.41) is 18.9. The number of aliphatic carboxylic acids is 2. The van der Waals surface area contributed by atoms with Gasteiger partial charge in [-0.05, 0) is 36.8 Å². The highest BCUT2D eigenvalue weighted by Crippen LogP contribution is 2.21. The Bertz CT molecular complexity index is 592. The quantitative estimate of drug-likeness (QED) is 0.737. The molecule has 0 heterocycles. The Hall–Kier alpha value is -2.62. The molecule has 0 unspecified atom stereocenters. The van der Waals surface area contributed by atoms with E-state index < -0.39 is 23.8 Å². The maximum Gasteiger partial charge on any atom is 0.306 e. The van der Waals surface area contributed by atoms with E-state index in [1.54, 1.807) is 0 Å². The van der Waals surface area contributed by atoms with Gasteiger partial charge in [0.2, 0.25) is 0 Å². The molecule has 0 saturated heterocycles. The van der Waals surface area contributed by atoms with Crippen LogP contribution in [0.2, 0.25) is 0 Å². The first-order valence-electron chi connectivity index (χ1n) is 8.09. The van der Waals surface area contributed by atoms with Crippen LogP contribution in [0.4, 0.5) is 0 Å². The fourth-order valence-electron chi connectivity index (χ4n) is 2.83.